The number of amides is 1. The Balaban J connectivity index is 1.51. The van der Waals surface area contributed by atoms with Gasteiger partial charge in [-0.2, -0.15) is 0 Å². The summed E-state index contributed by atoms with van der Waals surface area (Å²) >= 11 is 0. The van der Waals surface area contributed by atoms with Gasteiger partial charge in [0, 0.05) is 13.0 Å². The van der Waals surface area contributed by atoms with Crippen molar-refractivity contribution in [2.24, 2.45) is 0 Å². The van der Waals surface area contributed by atoms with Crippen molar-refractivity contribution in [1.82, 2.24) is 15.5 Å². The molecule has 1 aromatic heterocycles. The van der Waals surface area contributed by atoms with Crippen LogP contribution in [-0.4, -0.2) is 31.1 Å². The monoisotopic (exact) mass is 403 g/mol. The third kappa shape index (κ3) is 5.01. The molecule has 146 valence electrons. The van der Waals surface area contributed by atoms with Crippen LogP contribution in [0.2, 0.25) is 0 Å². The molecular weight excluding hydrogens is 385 g/mol. The molecule has 2 aromatic carbocycles. The second-order valence-electron chi connectivity index (χ2n) is 6.05. The van der Waals surface area contributed by atoms with Crippen LogP contribution in [0, 0.1) is 5.82 Å². The van der Waals surface area contributed by atoms with Gasteiger partial charge in [-0.25, -0.2) is 12.8 Å². The van der Waals surface area contributed by atoms with Gasteiger partial charge in [0.1, 0.15) is 5.82 Å². The highest BCUT2D eigenvalue weighted by atomic mass is 32.2. The van der Waals surface area contributed by atoms with E-state index in [9.17, 15) is 17.6 Å². The summed E-state index contributed by atoms with van der Waals surface area (Å²) in [6, 6.07) is 14.4. The van der Waals surface area contributed by atoms with Gasteiger partial charge in [0.25, 0.3) is 5.91 Å². The van der Waals surface area contributed by atoms with Crippen molar-refractivity contribution in [2.45, 2.75) is 23.8 Å². The van der Waals surface area contributed by atoms with E-state index < -0.39 is 26.8 Å². The van der Waals surface area contributed by atoms with Crippen LogP contribution in [0.15, 0.2) is 64.2 Å². The van der Waals surface area contributed by atoms with Crippen molar-refractivity contribution in [2.75, 3.05) is 6.54 Å². The molecule has 0 aliphatic heterocycles. The second-order valence-corrected chi connectivity index (χ2v) is 7.91. The fraction of sp³-hybridized carbons (Fsp3) is 0.211. The number of nitrogens with zero attached hydrogens (tertiary/aromatic N) is 2. The van der Waals surface area contributed by atoms with Crippen molar-refractivity contribution in [3.63, 3.8) is 0 Å². The maximum Gasteiger partial charge on any atom is 0.335 e. The van der Waals surface area contributed by atoms with Crippen molar-refractivity contribution < 1.29 is 22.0 Å². The zero-order valence-corrected chi connectivity index (χ0v) is 15.7. The quantitative estimate of drug-likeness (QED) is 0.580. The minimum Gasteiger partial charge on any atom is -0.413 e. The van der Waals surface area contributed by atoms with E-state index in [1.54, 1.807) is 36.4 Å². The minimum atomic E-state index is -3.73. The number of aromatic nitrogens is 2. The molecule has 0 saturated carbocycles. The average Bonchev–Trinajstić information content (AvgIpc) is 3.16. The smallest absolute Gasteiger partial charge is 0.335 e. The Bertz CT molecular complexity index is 1050. The minimum absolute atomic E-state index is 0.0328. The number of halogens is 1. The molecule has 0 atom stereocenters. The number of aryl methyl sites for hydroxylation is 1. The van der Waals surface area contributed by atoms with Crippen molar-refractivity contribution in [1.29, 1.82) is 0 Å². The van der Waals surface area contributed by atoms with Gasteiger partial charge in [0.05, 0.1) is 11.3 Å². The summed E-state index contributed by atoms with van der Waals surface area (Å²) < 4.78 is 43.5. The number of hydrogen-bond donors (Lipinski definition) is 1. The van der Waals surface area contributed by atoms with E-state index in [2.05, 4.69) is 15.5 Å². The van der Waals surface area contributed by atoms with Crippen LogP contribution in [0.3, 0.4) is 0 Å². The summed E-state index contributed by atoms with van der Waals surface area (Å²) in [6.07, 6.45) is 0.714. The number of hydrogen-bond acceptors (Lipinski definition) is 6. The van der Waals surface area contributed by atoms with E-state index in [-0.39, 0.29) is 30.2 Å². The maximum atomic E-state index is 13.5. The predicted octanol–water partition coefficient (Wildman–Crippen LogP) is 2.55. The molecule has 0 spiro atoms. The van der Waals surface area contributed by atoms with Crippen molar-refractivity contribution in [3.05, 3.63) is 77.4 Å². The largest absolute Gasteiger partial charge is 0.413 e. The number of carbonyl (C=O) groups excluding carboxylic acids is 1. The topological polar surface area (TPSA) is 102 Å². The van der Waals surface area contributed by atoms with E-state index in [0.29, 0.717) is 12.0 Å². The average molecular weight is 403 g/mol. The first-order valence-electron chi connectivity index (χ1n) is 8.57. The molecule has 0 radical (unpaired) electrons. The second kappa shape index (κ2) is 8.75. The van der Waals surface area contributed by atoms with Crippen LogP contribution >= 0.6 is 0 Å². The van der Waals surface area contributed by atoms with Crippen LogP contribution in [0.4, 0.5) is 4.39 Å². The lowest BCUT2D eigenvalue weighted by Crippen LogP contribution is -2.25. The summed E-state index contributed by atoms with van der Waals surface area (Å²) in [6.45, 7) is 0.252. The van der Waals surface area contributed by atoms with Crippen LogP contribution in [0.5, 0.6) is 0 Å². The fourth-order valence-corrected chi connectivity index (χ4v) is 3.65. The molecule has 0 aliphatic carbocycles. The highest BCUT2D eigenvalue weighted by Gasteiger charge is 2.23. The lowest BCUT2D eigenvalue weighted by atomic mass is 10.2. The molecule has 1 heterocycles. The first-order valence-corrected chi connectivity index (χ1v) is 10.2. The molecule has 28 heavy (non-hydrogen) atoms. The summed E-state index contributed by atoms with van der Waals surface area (Å²) in [7, 11) is -3.73. The molecule has 1 N–H and O–H groups in total. The molecule has 3 aromatic rings. The first kappa shape index (κ1) is 19.7. The van der Waals surface area contributed by atoms with Gasteiger partial charge in [-0.15, -0.1) is 5.10 Å². The Kier molecular flexibility index (Phi) is 6.15. The molecule has 0 saturated heterocycles. The van der Waals surface area contributed by atoms with Crippen LogP contribution in [0.1, 0.15) is 28.2 Å². The van der Waals surface area contributed by atoms with Gasteiger partial charge in [0.15, 0.2) is 0 Å². The Labute approximate surface area is 161 Å². The maximum absolute atomic E-state index is 13.5. The molecule has 0 bridgehead atoms. The van der Waals surface area contributed by atoms with E-state index in [1.807, 2.05) is 0 Å². The molecule has 0 aliphatic rings. The van der Waals surface area contributed by atoms with Crippen molar-refractivity contribution >= 4 is 15.7 Å². The first-order chi connectivity index (χ1) is 13.5. The van der Waals surface area contributed by atoms with Crippen LogP contribution in [-0.2, 0) is 22.0 Å². The summed E-state index contributed by atoms with van der Waals surface area (Å²) in [5.41, 5.74) is 0.590. The van der Waals surface area contributed by atoms with E-state index in [4.69, 9.17) is 4.42 Å². The molecule has 9 heteroatoms. The molecule has 7 nitrogen and oxygen atoms in total. The van der Waals surface area contributed by atoms with Crippen LogP contribution in [0.25, 0.3) is 0 Å². The van der Waals surface area contributed by atoms with Gasteiger partial charge in [-0.1, -0.05) is 47.6 Å². The Morgan fingerprint density at radius 2 is 1.75 bits per heavy atom. The van der Waals surface area contributed by atoms with E-state index >= 15 is 0 Å². The standard InChI is InChI=1S/C19H18FN3O4S/c20-16-10-5-4-9-15(16)18(24)21-12-6-11-17-22-23-19(27-17)28(25,26)13-14-7-2-1-3-8-14/h1-5,7-10H,6,11-13H2,(H,21,24). The molecular formula is C19H18FN3O4S. The number of sulfone groups is 1. The van der Waals surface area contributed by atoms with Gasteiger partial charge in [-0.3, -0.25) is 4.79 Å². The highest BCUT2D eigenvalue weighted by molar-refractivity contribution is 7.90. The molecule has 0 fully saturated rings. The number of benzene rings is 2. The Morgan fingerprint density at radius 1 is 1.04 bits per heavy atom. The lowest BCUT2D eigenvalue weighted by Gasteiger charge is -2.04. The predicted molar refractivity (Wildman–Crippen MR) is 98.7 cm³/mol. The zero-order chi connectivity index (χ0) is 20.0. The normalized spacial score (nSPS) is 11.3. The van der Waals surface area contributed by atoms with Gasteiger partial charge in [-0.05, 0) is 24.1 Å². The third-order valence-electron chi connectivity index (χ3n) is 3.89. The van der Waals surface area contributed by atoms with Gasteiger partial charge >= 0.3 is 5.22 Å². The third-order valence-corrected chi connectivity index (χ3v) is 5.30. The Hall–Kier alpha value is -3.07. The van der Waals surface area contributed by atoms with Gasteiger partial charge in [0.2, 0.25) is 15.7 Å². The SMILES string of the molecule is O=C(NCCCc1nnc(S(=O)(=O)Cc2ccccc2)o1)c1ccccc1F. The number of carbonyl (C=O) groups is 1. The Morgan fingerprint density at radius 3 is 2.50 bits per heavy atom. The fourth-order valence-electron chi connectivity index (χ4n) is 2.50. The van der Waals surface area contributed by atoms with Crippen molar-refractivity contribution in [3.8, 4) is 0 Å². The van der Waals surface area contributed by atoms with E-state index in [1.165, 1.54) is 18.2 Å². The molecule has 0 unspecified atom stereocenters. The van der Waals surface area contributed by atoms with Gasteiger partial charge < -0.3 is 9.73 Å². The number of rotatable bonds is 8. The highest BCUT2D eigenvalue weighted by Crippen LogP contribution is 2.15. The summed E-state index contributed by atoms with van der Waals surface area (Å²) in [4.78, 5) is 11.9. The number of nitrogens with one attached hydrogen (secondary N) is 1. The van der Waals surface area contributed by atoms with Crippen LogP contribution < -0.4 is 5.32 Å². The summed E-state index contributed by atoms with van der Waals surface area (Å²) in [5, 5.41) is 9.52. The molecule has 3 rings (SSSR count). The summed E-state index contributed by atoms with van der Waals surface area (Å²) in [5.74, 6) is -1.18. The van der Waals surface area contributed by atoms with E-state index in [0.717, 1.165) is 0 Å². The molecule has 1 amide bonds. The zero-order valence-electron chi connectivity index (χ0n) is 14.8. The lowest BCUT2D eigenvalue weighted by molar-refractivity contribution is 0.0949.